The van der Waals surface area contributed by atoms with Gasteiger partial charge in [-0.2, -0.15) is 5.26 Å². The Morgan fingerprint density at radius 1 is 1.56 bits per heavy atom. The van der Waals surface area contributed by atoms with Crippen molar-refractivity contribution < 1.29 is 14.5 Å². The van der Waals surface area contributed by atoms with Gasteiger partial charge in [-0.05, 0) is 25.0 Å². The van der Waals surface area contributed by atoms with E-state index >= 15 is 0 Å². The molecule has 0 N–H and O–H groups in total. The molecule has 0 radical (unpaired) electrons. The number of ether oxygens (including phenoxy) is 1. The van der Waals surface area contributed by atoms with Crippen molar-refractivity contribution in [3.05, 3.63) is 38.9 Å². The van der Waals surface area contributed by atoms with Gasteiger partial charge in [0.25, 0.3) is 5.69 Å². The van der Waals surface area contributed by atoms with Gasteiger partial charge in [0.1, 0.15) is 0 Å². The van der Waals surface area contributed by atoms with Crippen LogP contribution >= 0.6 is 0 Å². The zero-order valence-electron chi connectivity index (χ0n) is 10.1. The third-order valence-electron chi connectivity index (χ3n) is 2.47. The number of rotatable bonds is 4. The molecular weight excluding hydrogens is 236 g/mol. The summed E-state index contributed by atoms with van der Waals surface area (Å²) in [7, 11) is 0. The second kappa shape index (κ2) is 5.77. The highest BCUT2D eigenvalue weighted by atomic mass is 16.6. The van der Waals surface area contributed by atoms with Gasteiger partial charge in [0.15, 0.2) is 0 Å². The van der Waals surface area contributed by atoms with Crippen LogP contribution in [0.4, 0.5) is 5.69 Å². The third-order valence-corrected chi connectivity index (χ3v) is 2.47. The molecule has 0 aliphatic rings. The van der Waals surface area contributed by atoms with E-state index in [0.29, 0.717) is 11.1 Å². The fourth-order valence-corrected chi connectivity index (χ4v) is 1.53. The number of non-ortho nitro benzene ring substituents is 1. The highest BCUT2D eigenvalue weighted by Crippen LogP contribution is 2.22. The first-order valence-corrected chi connectivity index (χ1v) is 5.33. The molecule has 6 heteroatoms. The van der Waals surface area contributed by atoms with Crippen LogP contribution < -0.4 is 0 Å². The number of nitriles is 1. The Morgan fingerprint density at radius 2 is 2.22 bits per heavy atom. The van der Waals surface area contributed by atoms with Crippen molar-refractivity contribution in [2.75, 3.05) is 6.61 Å². The number of carbonyl (C=O) groups excluding carboxylic acids is 1. The van der Waals surface area contributed by atoms with Crippen molar-refractivity contribution >= 4 is 11.7 Å². The fraction of sp³-hybridized carbons (Fsp3) is 0.333. The Hall–Kier alpha value is -2.42. The van der Waals surface area contributed by atoms with Gasteiger partial charge in [0.2, 0.25) is 0 Å². The predicted octanol–water partition coefficient (Wildman–Crippen LogP) is 1.88. The summed E-state index contributed by atoms with van der Waals surface area (Å²) in [6.45, 7) is 3.58. The zero-order valence-corrected chi connectivity index (χ0v) is 10.1. The minimum absolute atomic E-state index is 0.0734. The highest BCUT2D eigenvalue weighted by Gasteiger charge is 2.16. The normalized spacial score (nSPS) is 9.61. The summed E-state index contributed by atoms with van der Waals surface area (Å²) >= 11 is 0. The molecule has 94 valence electrons. The van der Waals surface area contributed by atoms with Gasteiger partial charge in [0, 0.05) is 12.1 Å². The summed E-state index contributed by atoms with van der Waals surface area (Å²) < 4.78 is 4.78. The van der Waals surface area contributed by atoms with E-state index in [1.54, 1.807) is 13.8 Å². The molecule has 0 bridgehead atoms. The van der Waals surface area contributed by atoms with E-state index in [1.807, 2.05) is 6.07 Å². The lowest BCUT2D eigenvalue weighted by Crippen LogP contribution is -2.09. The largest absolute Gasteiger partial charge is 0.466 e. The zero-order chi connectivity index (χ0) is 13.7. The van der Waals surface area contributed by atoms with Gasteiger partial charge in [-0.15, -0.1) is 0 Å². The number of nitrogens with zero attached hydrogens (tertiary/aromatic N) is 2. The van der Waals surface area contributed by atoms with Crippen molar-refractivity contribution in [1.29, 1.82) is 5.26 Å². The second-order valence-corrected chi connectivity index (χ2v) is 3.63. The molecule has 1 aromatic carbocycles. The topological polar surface area (TPSA) is 93.2 Å². The van der Waals surface area contributed by atoms with E-state index in [4.69, 9.17) is 10.00 Å². The molecule has 0 unspecified atom stereocenters. The van der Waals surface area contributed by atoms with Crippen LogP contribution in [-0.4, -0.2) is 17.5 Å². The third kappa shape index (κ3) is 3.04. The van der Waals surface area contributed by atoms with Crippen molar-refractivity contribution in [2.45, 2.75) is 20.3 Å². The minimum Gasteiger partial charge on any atom is -0.466 e. The van der Waals surface area contributed by atoms with E-state index in [2.05, 4.69) is 0 Å². The van der Waals surface area contributed by atoms with Crippen LogP contribution in [0.15, 0.2) is 12.1 Å². The lowest BCUT2D eigenvalue weighted by atomic mass is 9.99. The van der Waals surface area contributed by atoms with E-state index in [-0.39, 0.29) is 24.3 Å². The second-order valence-electron chi connectivity index (χ2n) is 3.63. The summed E-state index contributed by atoms with van der Waals surface area (Å²) in [4.78, 5) is 21.5. The number of hydrogen-bond acceptors (Lipinski definition) is 5. The van der Waals surface area contributed by atoms with E-state index in [0.717, 1.165) is 0 Å². The van der Waals surface area contributed by atoms with E-state index in [9.17, 15) is 14.9 Å². The maximum absolute atomic E-state index is 11.4. The Labute approximate surface area is 104 Å². The van der Waals surface area contributed by atoms with Crippen LogP contribution in [0.3, 0.4) is 0 Å². The molecule has 1 rings (SSSR count). The first kappa shape index (κ1) is 13.6. The maximum Gasteiger partial charge on any atom is 0.310 e. The molecule has 0 atom stereocenters. The lowest BCUT2D eigenvalue weighted by molar-refractivity contribution is -0.384. The summed E-state index contributed by atoms with van der Waals surface area (Å²) in [5.41, 5.74) is 1.01. The quantitative estimate of drug-likeness (QED) is 0.460. The van der Waals surface area contributed by atoms with Crippen LogP contribution in [0.2, 0.25) is 0 Å². The summed E-state index contributed by atoms with van der Waals surface area (Å²) in [6, 6.07) is 4.38. The predicted molar refractivity (Wildman–Crippen MR) is 62.9 cm³/mol. The van der Waals surface area contributed by atoms with Crippen molar-refractivity contribution in [1.82, 2.24) is 0 Å². The standard InChI is InChI=1S/C12H12N2O4/c1-3-18-12(15)6-9-4-11(14(16)17)5-10(7-13)8(9)2/h4-5H,3,6H2,1-2H3. The Kier molecular flexibility index (Phi) is 4.38. The van der Waals surface area contributed by atoms with E-state index in [1.165, 1.54) is 12.1 Å². The van der Waals surface area contributed by atoms with Crippen LogP contribution in [0, 0.1) is 28.4 Å². The van der Waals surface area contributed by atoms with Gasteiger partial charge < -0.3 is 4.74 Å². The van der Waals surface area contributed by atoms with Crippen molar-refractivity contribution in [2.24, 2.45) is 0 Å². The maximum atomic E-state index is 11.4. The molecule has 1 aromatic rings. The van der Waals surface area contributed by atoms with Crippen LogP contribution in [-0.2, 0) is 16.0 Å². The van der Waals surface area contributed by atoms with E-state index < -0.39 is 10.9 Å². The SMILES string of the molecule is CCOC(=O)Cc1cc([N+](=O)[O-])cc(C#N)c1C. The fourth-order valence-electron chi connectivity index (χ4n) is 1.53. The highest BCUT2D eigenvalue weighted by molar-refractivity contribution is 5.74. The summed E-state index contributed by atoms with van der Waals surface area (Å²) in [5.74, 6) is -0.468. The average Bonchev–Trinajstić information content (AvgIpc) is 2.31. The molecular formula is C12H12N2O4. The Bertz CT molecular complexity index is 532. The molecule has 0 saturated heterocycles. The molecule has 0 aromatic heterocycles. The van der Waals surface area contributed by atoms with Gasteiger partial charge in [0.05, 0.1) is 29.6 Å². The van der Waals surface area contributed by atoms with Gasteiger partial charge >= 0.3 is 5.97 Å². The molecule has 0 aliphatic carbocycles. The molecule has 6 nitrogen and oxygen atoms in total. The molecule has 0 heterocycles. The first-order valence-electron chi connectivity index (χ1n) is 5.33. The number of nitro groups is 1. The Morgan fingerprint density at radius 3 is 2.72 bits per heavy atom. The summed E-state index contributed by atoms with van der Waals surface area (Å²) in [5, 5.41) is 19.6. The molecule has 0 saturated carbocycles. The van der Waals surface area contributed by atoms with Crippen molar-refractivity contribution in [3.63, 3.8) is 0 Å². The molecule has 0 amide bonds. The van der Waals surface area contributed by atoms with Crippen LogP contribution in [0.1, 0.15) is 23.6 Å². The molecule has 18 heavy (non-hydrogen) atoms. The van der Waals surface area contributed by atoms with Crippen LogP contribution in [0.5, 0.6) is 0 Å². The van der Waals surface area contributed by atoms with Crippen LogP contribution in [0.25, 0.3) is 0 Å². The molecule has 0 fully saturated rings. The van der Waals surface area contributed by atoms with Crippen molar-refractivity contribution in [3.8, 4) is 6.07 Å². The Balaban J connectivity index is 3.18. The number of carbonyl (C=O) groups is 1. The number of nitro benzene ring substituents is 1. The van der Waals surface area contributed by atoms with Gasteiger partial charge in [-0.1, -0.05) is 0 Å². The molecule has 0 spiro atoms. The summed E-state index contributed by atoms with van der Waals surface area (Å²) in [6.07, 6.45) is -0.0734. The number of hydrogen-bond donors (Lipinski definition) is 0. The van der Waals surface area contributed by atoms with Gasteiger partial charge in [-0.3, -0.25) is 14.9 Å². The molecule has 0 aliphatic heterocycles. The lowest BCUT2D eigenvalue weighted by Gasteiger charge is -2.07. The smallest absolute Gasteiger partial charge is 0.310 e. The monoisotopic (exact) mass is 248 g/mol. The number of esters is 1. The minimum atomic E-state index is -0.588. The van der Waals surface area contributed by atoms with Gasteiger partial charge in [-0.25, -0.2) is 0 Å². The average molecular weight is 248 g/mol. The first-order chi connectivity index (χ1) is 8.49. The number of benzene rings is 1.